The average Bonchev–Trinajstić information content (AvgIpc) is 2.57. The third kappa shape index (κ3) is 2.26. The first-order chi connectivity index (χ1) is 6.06. The SMILES string of the molecule is CC(C)(C#N)C(=O)Nc1cnsc1. The van der Waals surface area contributed by atoms with Crippen molar-refractivity contribution in [3.8, 4) is 6.07 Å². The summed E-state index contributed by atoms with van der Waals surface area (Å²) in [5.41, 5.74) is -0.361. The van der Waals surface area contributed by atoms with Crippen LogP contribution in [-0.2, 0) is 4.79 Å². The molecule has 0 bridgehead atoms. The van der Waals surface area contributed by atoms with Gasteiger partial charge in [0.25, 0.3) is 0 Å². The van der Waals surface area contributed by atoms with Crippen LogP contribution in [0.4, 0.5) is 5.69 Å². The van der Waals surface area contributed by atoms with E-state index in [4.69, 9.17) is 5.26 Å². The molecule has 68 valence electrons. The zero-order chi connectivity index (χ0) is 9.90. The van der Waals surface area contributed by atoms with E-state index in [0.29, 0.717) is 5.69 Å². The molecule has 1 amide bonds. The van der Waals surface area contributed by atoms with Crippen molar-refractivity contribution in [3.05, 3.63) is 11.6 Å². The van der Waals surface area contributed by atoms with Gasteiger partial charge in [-0.2, -0.15) is 9.64 Å². The van der Waals surface area contributed by atoms with E-state index >= 15 is 0 Å². The Bertz CT molecular complexity index is 337. The molecule has 0 fully saturated rings. The lowest BCUT2D eigenvalue weighted by molar-refractivity contribution is -0.121. The largest absolute Gasteiger partial charge is 0.323 e. The third-order valence-corrected chi connectivity index (χ3v) is 2.12. The molecule has 1 heterocycles. The maximum atomic E-state index is 11.4. The Kier molecular flexibility index (Phi) is 2.63. The van der Waals surface area contributed by atoms with Gasteiger partial charge in [0.15, 0.2) is 0 Å². The summed E-state index contributed by atoms with van der Waals surface area (Å²) in [7, 11) is 0. The molecular formula is C8H9N3OS. The van der Waals surface area contributed by atoms with E-state index in [1.165, 1.54) is 11.5 Å². The molecule has 0 unspecified atom stereocenters. The van der Waals surface area contributed by atoms with E-state index in [0.717, 1.165) is 0 Å². The minimum atomic E-state index is -0.998. The van der Waals surface area contributed by atoms with Crippen molar-refractivity contribution in [2.45, 2.75) is 13.8 Å². The first-order valence-corrected chi connectivity index (χ1v) is 4.52. The van der Waals surface area contributed by atoms with E-state index in [9.17, 15) is 4.79 Å². The topological polar surface area (TPSA) is 65.8 Å². The van der Waals surface area contributed by atoms with Crippen LogP contribution in [0.25, 0.3) is 0 Å². The summed E-state index contributed by atoms with van der Waals surface area (Å²) in [6, 6.07) is 1.92. The monoisotopic (exact) mass is 195 g/mol. The molecule has 13 heavy (non-hydrogen) atoms. The molecule has 1 N–H and O–H groups in total. The van der Waals surface area contributed by atoms with Gasteiger partial charge >= 0.3 is 0 Å². The van der Waals surface area contributed by atoms with E-state index in [1.54, 1.807) is 25.4 Å². The Morgan fingerprint density at radius 2 is 2.46 bits per heavy atom. The van der Waals surface area contributed by atoms with Gasteiger partial charge in [0.05, 0.1) is 18.0 Å². The van der Waals surface area contributed by atoms with Crippen LogP contribution < -0.4 is 5.32 Å². The third-order valence-electron chi connectivity index (χ3n) is 1.54. The summed E-state index contributed by atoms with van der Waals surface area (Å²) in [6.45, 7) is 3.14. The van der Waals surface area contributed by atoms with Gasteiger partial charge in [-0.25, -0.2) is 0 Å². The second-order valence-corrected chi connectivity index (χ2v) is 3.76. The molecule has 0 atom stereocenters. The Hall–Kier alpha value is -1.41. The van der Waals surface area contributed by atoms with Crippen molar-refractivity contribution in [2.24, 2.45) is 5.41 Å². The second kappa shape index (κ2) is 3.54. The lowest BCUT2D eigenvalue weighted by Crippen LogP contribution is -2.28. The van der Waals surface area contributed by atoms with Crippen LogP contribution >= 0.6 is 11.5 Å². The van der Waals surface area contributed by atoms with Gasteiger partial charge in [-0.1, -0.05) is 0 Å². The molecule has 0 saturated heterocycles. The summed E-state index contributed by atoms with van der Waals surface area (Å²) in [5.74, 6) is -0.310. The summed E-state index contributed by atoms with van der Waals surface area (Å²) >= 11 is 1.25. The quantitative estimate of drug-likeness (QED) is 0.780. The number of rotatable bonds is 2. The zero-order valence-corrected chi connectivity index (χ0v) is 8.18. The lowest BCUT2D eigenvalue weighted by Gasteiger charge is -2.13. The van der Waals surface area contributed by atoms with Gasteiger partial charge in [0.2, 0.25) is 5.91 Å². The molecule has 0 saturated carbocycles. The van der Waals surface area contributed by atoms with Crippen molar-refractivity contribution >= 4 is 23.1 Å². The Morgan fingerprint density at radius 1 is 1.77 bits per heavy atom. The van der Waals surface area contributed by atoms with Crippen LogP contribution in [0.15, 0.2) is 11.6 Å². The van der Waals surface area contributed by atoms with Crippen molar-refractivity contribution in [2.75, 3.05) is 5.32 Å². The fourth-order valence-corrected chi connectivity index (χ4v) is 1.07. The first-order valence-electron chi connectivity index (χ1n) is 3.68. The van der Waals surface area contributed by atoms with E-state index in [2.05, 4.69) is 9.69 Å². The minimum Gasteiger partial charge on any atom is -0.323 e. The van der Waals surface area contributed by atoms with Gasteiger partial charge in [0.1, 0.15) is 5.41 Å². The molecule has 0 spiro atoms. The fourth-order valence-electron chi connectivity index (χ4n) is 0.605. The molecule has 0 aliphatic carbocycles. The van der Waals surface area contributed by atoms with Crippen molar-refractivity contribution in [1.82, 2.24) is 4.37 Å². The molecular weight excluding hydrogens is 186 g/mol. The number of aromatic nitrogens is 1. The van der Waals surface area contributed by atoms with Crippen LogP contribution in [0.3, 0.4) is 0 Å². The molecule has 0 aliphatic rings. The standard InChI is InChI=1S/C8H9N3OS/c1-8(2,5-9)7(12)11-6-3-10-13-4-6/h3-4H,1-2H3,(H,11,12). The number of hydrogen-bond acceptors (Lipinski definition) is 4. The number of hydrogen-bond donors (Lipinski definition) is 1. The predicted molar refractivity (Wildman–Crippen MR) is 50.1 cm³/mol. The number of amides is 1. The molecule has 1 aromatic rings. The Labute approximate surface area is 80.4 Å². The number of carbonyl (C=O) groups excluding carboxylic acids is 1. The Balaban J connectivity index is 2.68. The number of nitrogens with zero attached hydrogens (tertiary/aromatic N) is 2. The van der Waals surface area contributed by atoms with Crippen LogP contribution in [0.1, 0.15) is 13.8 Å². The Morgan fingerprint density at radius 3 is 2.92 bits per heavy atom. The van der Waals surface area contributed by atoms with Gasteiger partial charge in [-0.15, -0.1) is 0 Å². The first kappa shape index (κ1) is 9.68. The highest BCUT2D eigenvalue weighted by atomic mass is 32.1. The van der Waals surface area contributed by atoms with Crippen molar-refractivity contribution in [3.63, 3.8) is 0 Å². The van der Waals surface area contributed by atoms with Gasteiger partial charge in [-0.3, -0.25) is 4.79 Å². The van der Waals surface area contributed by atoms with Crippen LogP contribution in [0.2, 0.25) is 0 Å². The number of nitriles is 1. The number of carbonyl (C=O) groups is 1. The van der Waals surface area contributed by atoms with E-state index in [1.807, 2.05) is 6.07 Å². The maximum Gasteiger partial charge on any atom is 0.244 e. The van der Waals surface area contributed by atoms with Crippen molar-refractivity contribution < 1.29 is 4.79 Å². The molecule has 1 rings (SSSR count). The highest BCUT2D eigenvalue weighted by molar-refractivity contribution is 7.04. The fraction of sp³-hybridized carbons (Fsp3) is 0.375. The minimum absolute atomic E-state index is 0.310. The number of nitrogens with one attached hydrogen (secondary N) is 1. The summed E-state index contributed by atoms with van der Waals surface area (Å²) in [4.78, 5) is 11.4. The smallest absolute Gasteiger partial charge is 0.244 e. The molecule has 0 aromatic carbocycles. The maximum absolute atomic E-state index is 11.4. The summed E-state index contributed by atoms with van der Waals surface area (Å²) < 4.78 is 3.83. The molecule has 0 radical (unpaired) electrons. The van der Waals surface area contributed by atoms with Crippen LogP contribution in [-0.4, -0.2) is 10.3 Å². The molecule has 4 nitrogen and oxygen atoms in total. The number of anilines is 1. The molecule has 0 aliphatic heterocycles. The second-order valence-electron chi connectivity index (χ2n) is 3.10. The van der Waals surface area contributed by atoms with E-state index in [-0.39, 0.29) is 5.91 Å². The van der Waals surface area contributed by atoms with E-state index < -0.39 is 5.41 Å². The highest BCUT2D eigenvalue weighted by Gasteiger charge is 2.27. The van der Waals surface area contributed by atoms with Gasteiger partial charge < -0.3 is 5.32 Å². The average molecular weight is 195 g/mol. The van der Waals surface area contributed by atoms with Crippen LogP contribution in [0.5, 0.6) is 0 Å². The summed E-state index contributed by atoms with van der Waals surface area (Å²) in [5, 5.41) is 13.0. The highest BCUT2D eigenvalue weighted by Crippen LogP contribution is 2.17. The lowest BCUT2D eigenvalue weighted by atomic mass is 9.95. The van der Waals surface area contributed by atoms with Crippen molar-refractivity contribution in [1.29, 1.82) is 5.26 Å². The molecule has 5 heteroatoms. The summed E-state index contributed by atoms with van der Waals surface area (Å²) in [6.07, 6.45) is 1.55. The van der Waals surface area contributed by atoms with Gasteiger partial charge in [-0.05, 0) is 25.4 Å². The molecule has 1 aromatic heterocycles. The predicted octanol–water partition coefficient (Wildman–Crippen LogP) is 1.63. The van der Waals surface area contributed by atoms with Crippen LogP contribution in [0, 0.1) is 16.7 Å². The van der Waals surface area contributed by atoms with Gasteiger partial charge in [0, 0.05) is 5.38 Å². The normalized spacial score (nSPS) is 10.5. The zero-order valence-electron chi connectivity index (χ0n) is 7.37.